The summed E-state index contributed by atoms with van der Waals surface area (Å²) in [7, 11) is 1.65. The summed E-state index contributed by atoms with van der Waals surface area (Å²) in [6.07, 6.45) is -0.945. The normalized spacial score (nSPS) is 12.6. The van der Waals surface area contributed by atoms with Gasteiger partial charge in [-0.3, -0.25) is 4.79 Å². The number of ether oxygens (including phenoxy) is 1. The molecule has 82 valence electrons. The summed E-state index contributed by atoms with van der Waals surface area (Å²) < 4.78 is 4.85. The van der Waals surface area contributed by atoms with Crippen LogP contribution in [0, 0.1) is 0 Å². The monoisotopic (exact) mass is 203 g/mol. The number of hydrogen-bond acceptors (Lipinski definition) is 3. The van der Waals surface area contributed by atoms with Gasteiger partial charge in [-0.15, -0.1) is 0 Å². The number of likely N-dealkylation sites (N-methyl/N-ethyl adjacent to an activating group) is 1. The van der Waals surface area contributed by atoms with Crippen LogP contribution < -0.4 is 0 Å². The number of carbonyl (C=O) groups is 2. The van der Waals surface area contributed by atoms with Gasteiger partial charge < -0.3 is 14.7 Å². The van der Waals surface area contributed by atoms with Crippen LogP contribution in [0.3, 0.4) is 0 Å². The minimum Gasteiger partial charge on any atom is -0.479 e. The summed E-state index contributed by atoms with van der Waals surface area (Å²) in [6.45, 7) is 4.95. The second-order valence-corrected chi connectivity index (χ2v) is 3.39. The SMILES string of the molecule is CC(C)N(C)C(=O)CO[C@H](C)C(=O)O. The van der Waals surface area contributed by atoms with Crippen LogP contribution in [-0.2, 0) is 14.3 Å². The van der Waals surface area contributed by atoms with Gasteiger partial charge in [-0.1, -0.05) is 0 Å². The molecule has 0 aliphatic heterocycles. The quantitative estimate of drug-likeness (QED) is 0.699. The van der Waals surface area contributed by atoms with Gasteiger partial charge in [0.15, 0.2) is 6.10 Å². The zero-order chi connectivity index (χ0) is 11.3. The van der Waals surface area contributed by atoms with E-state index in [4.69, 9.17) is 9.84 Å². The standard InChI is InChI=1S/C9H17NO4/c1-6(2)10(4)8(11)5-14-7(3)9(12)13/h6-7H,5H2,1-4H3,(H,12,13)/t7-/m1/s1. The van der Waals surface area contributed by atoms with Crippen LogP contribution in [0.4, 0.5) is 0 Å². The Hall–Kier alpha value is -1.10. The number of carbonyl (C=O) groups excluding carboxylic acids is 1. The van der Waals surface area contributed by atoms with Crippen molar-refractivity contribution in [3.8, 4) is 0 Å². The number of nitrogens with zero attached hydrogens (tertiary/aromatic N) is 1. The van der Waals surface area contributed by atoms with Gasteiger partial charge in [0.05, 0.1) is 0 Å². The second-order valence-electron chi connectivity index (χ2n) is 3.39. The van der Waals surface area contributed by atoms with Crippen LogP contribution in [0.5, 0.6) is 0 Å². The predicted octanol–water partition coefficient (Wildman–Crippen LogP) is 0.343. The first-order valence-corrected chi connectivity index (χ1v) is 4.46. The van der Waals surface area contributed by atoms with E-state index in [1.54, 1.807) is 7.05 Å². The first-order valence-electron chi connectivity index (χ1n) is 4.46. The van der Waals surface area contributed by atoms with Crippen LogP contribution in [-0.4, -0.2) is 47.7 Å². The third kappa shape index (κ3) is 4.23. The predicted molar refractivity (Wildman–Crippen MR) is 51.0 cm³/mol. The van der Waals surface area contributed by atoms with E-state index < -0.39 is 12.1 Å². The molecule has 0 rings (SSSR count). The maximum Gasteiger partial charge on any atom is 0.332 e. The lowest BCUT2D eigenvalue weighted by atomic mass is 10.3. The molecule has 5 nitrogen and oxygen atoms in total. The molecular formula is C9H17NO4. The van der Waals surface area contributed by atoms with Crippen molar-refractivity contribution in [2.24, 2.45) is 0 Å². The summed E-state index contributed by atoms with van der Waals surface area (Å²) in [6, 6.07) is 0.0891. The molecule has 14 heavy (non-hydrogen) atoms. The molecule has 0 radical (unpaired) electrons. The van der Waals surface area contributed by atoms with Crippen molar-refractivity contribution in [1.29, 1.82) is 0 Å². The fourth-order valence-corrected chi connectivity index (χ4v) is 0.657. The van der Waals surface area contributed by atoms with Gasteiger partial charge in [0.1, 0.15) is 6.61 Å². The lowest BCUT2D eigenvalue weighted by Gasteiger charge is -2.21. The highest BCUT2D eigenvalue weighted by molar-refractivity contribution is 5.78. The van der Waals surface area contributed by atoms with Crippen LogP contribution in [0.25, 0.3) is 0 Å². The van der Waals surface area contributed by atoms with Crippen molar-refractivity contribution >= 4 is 11.9 Å². The molecule has 5 heteroatoms. The number of hydrogen-bond donors (Lipinski definition) is 1. The highest BCUT2D eigenvalue weighted by atomic mass is 16.5. The van der Waals surface area contributed by atoms with Gasteiger partial charge >= 0.3 is 5.97 Å². The summed E-state index contributed by atoms with van der Waals surface area (Å²) in [5.41, 5.74) is 0. The molecule has 1 atom stereocenters. The molecule has 0 aromatic carbocycles. The average Bonchev–Trinajstić information content (AvgIpc) is 2.11. The Morgan fingerprint density at radius 1 is 1.36 bits per heavy atom. The Labute approximate surface area is 83.6 Å². The van der Waals surface area contributed by atoms with Gasteiger partial charge in [-0.25, -0.2) is 4.79 Å². The van der Waals surface area contributed by atoms with E-state index in [0.717, 1.165) is 0 Å². The van der Waals surface area contributed by atoms with E-state index in [9.17, 15) is 9.59 Å². The zero-order valence-corrected chi connectivity index (χ0v) is 8.98. The maximum absolute atomic E-state index is 11.3. The van der Waals surface area contributed by atoms with Crippen LogP contribution in [0.15, 0.2) is 0 Å². The Morgan fingerprint density at radius 3 is 2.21 bits per heavy atom. The Balaban J connectivity index is 3.91. The molecule has 0 aliphatic carbocycles. The first-order chi connectivity index (χ1) is 6.36. The number of aliphatic carboxylic acids is 1. The van der Waals surface area contributed by atoms with Gasteiger partial charge in [0.2, 0.25) is 5.91 Å². The van der Waals surface area contributed by atoms with Crippen molar-refractivity contribution in [2.45, 2.75) is 32.9 Å². The average molecular weight is 203 g/mol. The van der Waals surface area contributed by atoms with E-state index in [1.165, 1.54) is 11.8 Å². The van der Waals surface area contributed by atoms with Crippen LogP contribution in [0.2, 0.25) is 0 Å². The number of carboxylic acids is 1. The molecule has 0 spiro atoms. The smallest absolute Gasteiger partial charge is 0.332 e. The number of amides is 1. The number of carboxylic acid groups (broad SMARTS) is 1. The topological polar surface area (TPSA) is 66.8 Å². The maximum atomic E-state index is 11.3. The molecule has 1 N–H and O–H groups in total. The molecule has 1 amide bonds. The lowest BCUT2D eigenvalue weighted by molar-refractivity contribution is -0.152. The van der Waals surface area contributed by atoms with E-state index in [0.29, 0.717) is 0 Å². The zero-order valence-electron chi connectivity index (χ0n) is 8.98. The third-order valence-electron chi connectivity index (χ3n) is 1.97. The van der Waals surface area contributed by atoms with Crippen molar-refractivity contribution in [3.05, 3.63) is 0 Å². The highest BCUT2D eigenvalue weighted by Crippen LogP contribution is 1.97. The summed E-state index contributed by atoms with van der Waals surface area (Å²) >= 11 is 0. The molecule has 0 unspecified atom stereocenters. The minimum absolute atomic E-state index is 0.0891. The Kier molecular flexibility index (Phi) is 5.15. The largest absolute Gasteiger partial charge is 0.479 e. The van der Waals surface area contributed by atoms with Gasteiger partial charge in [-0.05, 0) is 20.8 Å². The molecule has 0 heterocycles. The summed E-state index contributed by atoms with van der Waals surface area (Å²) in [5, 5.41) is 8.49. The molecule has 0 bridgehead atoms. The minimum atomic E-state index is -1.06. The molecule has 0 aromatic heterocycles. The van der Waals surface area contributed by atoms with Crippen molar-refractivity contribution in [1.82, 2.24) is 4.90 Å². The van der Waals surface area contributed by atoms with Crippen molar-refractivity contribution < 1.29 is 19.4 Å². The third-order valence-corrected chi connectivity index (χ3v) is 1.97. The molecule has 0 aromatic rings. The van der Waals surface area contributed by atoms with Gasteiger partial charge in [0, 0.05) is 13.1 Å². The second kappa shape index (κ2) is 5.59. The highest BCUT2D eigenvalue weighted by Gasteiger charge is 2.16. The fourth-order valence-electron chi connectivity index (χ4n) is 0.657. The van der Waals surface area contributed by atoms with E-state index >= 15 is 0 Å². The molecular weight excluding hydrogens is 186 g/mol. The molecule has 0 aliphatic rings. The van der Waals surface area contributed by atoms with E-state index in [2.05, 4.69) is 0 Å². The lowest BCUT2D eigenvalue weighted by Crippen LogP contribution is -2.37. The Bertz CT molecular complexity index is 215. The first kappa shape index (κ1) is 12.9. The Morgan fingerprint density at radius 2 is 1.86 bits per heavy atom. The molecule has 0 fully saturated rings. The molecule has 0 saturated heterocycles. The van der Waals surface area contributed by atoms with Crippen molar-refractivity contribution in [2.75, 3.05) is 13.7 Å². The summed E-state index contributed by atoms with van der Waals surface area (Å²) in [4.78, 5) is 23.2. The van der Waals surface area contributed by atoms with E-state index in [1.807, 2.05) is 13.8 Å². The molecule has 0 saturated carbocycles. The van der Waals surface area contributed by atoms with Crippen LogP contribution >= 0.6 is 0 Å². The number of rotatable bonds is 5. The van der Waals surface area contributed by atoms with E-state index in [-0.39, 0.29) is 18.6 Å². The fraction of sp³-hybridized carbons (Fsp3) is 0.778. The van der Waals surface area contributed by atoms with Crippen molar-refractivity contribution in [3.63, 3.8) is 0 Å². The summed E-state index contributed by atoms with van der Waals surface area (Å²) in [5.74, 6) is -1.28. The van der Waals surface area contributed by atoms with Gasteiger partial charge in [-0.2, -0.15) is 0 Å². The van der Waals surface area contributed by atoms with Crippen LogP contribution in [0.1, 0.15) is 20.8 Å². The van der Waals surface area contributed by atoms with Gasteiger partial charge in [0.25, 0.3) is 0 Å².